The summed E-state index contributed by atoms with van der Waals surface area (Å²) in [5.74, 6) is 2.05. The van der Waals surface area contributed by atoms with Crippen molar-refractivity contribution in [2.75, 3.05) is 5.32 Å². The molecule has 0 atom stereocenters. The van der Waals surface area contributed by atoms with E-state index in [9.17, 15) is 4.79 Å². The summed E-state index contributed by atoms with van der Waals surface area (Å²) >= 11 is 1.35. The number of nitrogens with one attached hydrogen (secondary N) is 1. The van der Waals surface area contributed by atoms with Gasteiger partial charge >= 0.3 is 0 Å². The predicted octanol–water partition coefficient (Wildman–Crippen LogP) is 2.17. The fourth-order valence-electron chi connectivity index (χ4n) is 1.22. The van der Waals surface area contributed by atoms with E-state index < -0.39 is 0 Å². The van der Waals surface area contributed by atoms with Gasteiger partial charge in [-0.2, -0.15) is 0 Å². The first-order valence-corrected chi connectivity index (χ1v) is 5.78. The third-order valence-electron chi connectivity index (χ3n) is 1.94. The number of terminal acetylenes is 1. The number of carbonyl (C=O) groups excluding carboxylic acids is 1. The highest BCUT2D eigenvalue weighted by atomic mass is 32.1. The van der Waals surface area contributed by atoms with Crippen LogP contribution < -0.4 is 5.32 Å². The molecule has 2 heterocycles. The quantitative estimate of drug-likeness (QED) is 0.840. The Hall–Kier alpha value is -2.19. The molecule has 0 saturated heterocycles. The molecule has 0 fully saturated rings. The van der Waals surface area contributed by atoms with Crippen molar-refractivity contribution in [3.05, 3.63) is 29.8 Å². The standard InChI is InChI=1S/C12H9N3OS/c1-2-5-11(16)15-12-14-10(8-17-12)9-6-3-4-7-13-9/h1,3-4,6-8H,5H2,(H,14,15,16). The molecule has 5 heteroatoms. The number of pyridine rings is 1. The lowest BCUT2D eigenvalue weighted by atomic mass is 10.3. The minimum absolute atomic E-state index is 0.0541. The van der Waals surface area contributed by atoms with Crippen LogP contribution >= 0.6 is 11.3 Å². The number of hydrogen-bond acceptors (Lipinski definition) is 4. The summed E-state index contributed by atoms with van der Waals surface area (Å²) in [6.07, 6.45) is 6.80. The Morgan fingerprint density at radius 1 is 1.47 bits per heavy atom. The van der Waals surface area contributed by atoms with Crippen LogP contribution in [-0.4, -0.2) is 15.9 Å². The zero-order valence-electron chi connectivity index (χ0n) is 8.88. The van der Waals surface area contributed by atoms with Crippen LogP contribution in [0.2, 0.25) is 0 Å². The molecule has 2 aromatic heterocycles. The third-order valence-corrected chi connectivity index (χ3v) is 2.70. The van der Waals surface area contributed by atoms with Gasteiger partial charge in [0, 0.05) is 11.6 Å². The Bertz CT molecular complexity index is 557. The number of nitrogens with zero attached hydrogens (tertiary/aromatic N) is 2. The fraction of sp³-hybridized carbons (Fsp3) is 0.0833. The van der Waals surface area contributed by atoms with Crippen LogP contribution in [0, 0.1) is 12.3 Å². The first kappa shape index (κ1) is 11.3. The third kappa shape index (κ3) is 2.89. The monoisotopic (exact) mass is 243 g/mol. The van der Waals surface area contributed by atoms with Crippen molar-refractivity contribution < 1.29 is 4.79 Å². The highest BCUT2D eigenvalue weighted by Gasteiger charge is 2.07. The van der Waals surface area contributed by atoms with Crippen molar-refractivity contribution in [1.82, 2.24) is 9.97 Å². The maximum Gasteiger partial charge on any atom is 0.238 e. The zero-order chi connectivity index (χ0) is 12.1. The van der Waals surface area contributed by atoms with E-state index in [1.165, 1.54) is 11.3 Å². The van der Waals surface area contributed by atoms with Gasteiger partial charge in [-0.05, 0) is 12.1 Å². The average Bonchev–Trinajstić information content (AvgIpc) is 2.79. The molecule has 0 saturated carbocycles. The second-order valence-corrected chi connectivity index (χ2v) is 4.04. The number of thiazole rings is 1. The SMILES string of the molecule is C#CCC(=O)Nc1nc(-c2ccccn2)cs1. The smallest absolute Gasteiger partial charge is 0.238 e. The molecule has 0 aliphatic rings. The lowest BCUT2D eigenvalue weighted by Gasteiger charge is -1.96. The van der Waals surface area contributed by atoms with Gasteiger partial charge in [0.2, 0.25) is 5.91 Å². The fourth-order valence-corrected chi connectivity index (χ4v) is 1.94. The minimum Gasteiger partial charge on any atom is -0.301 e. The molecule has 0 unspecified atom stereocenters. The highest BCUT2D eigenvalue weighted by molar-refractivity contribution is 7.14. The highest BCUT2D eigenvalue weighted by Crippen LogP contribution is 2.22. The van der Waals surface area contributed by atoms with E-state index >= 15 is 0 Å². The van der Waals surface area contributed by atoms with Gasteiger partial charge in [-0.1, -0.05) is 12.0 Å². The van der Waals surface area contributed by atoms with Gasteiger partial charge < -0.3 is 5.32 Å². The van der Waals surface area contributed by atoms with Crippen molar-refractivity contribution in [2.24, 2.45) is 0 Å². The molecule has 2 aromatic rings. The first-order chi connectivity index (χ1) is 8.29. The summed E-state index contributed by atoms with van der Waals surface area (Å²) < 4.78 is 0. The Morgan fingerprint density at radius 2 is 2.35 bits per heavy atom. The van der Waals surface area contributed by atoms with E-state index in [-0.39, 0.29) is 12.3 Å². The molecular weight excluding hydrogens is 234 g/mol. The molecular formula is C12H9N3OS. The summed E-state index contributed by atoms with van der Waals surface area (Å²) in [6, 6.07) is 5.59. The van der Waals surface area contributed by atoms with E-state index in [1.807, 2.05) is 23.6 Å². The number of anilines is 1. The lowest BCUT2D eigenvalue weighted by molar-refractivity contribution is -0.115. The largest absolute Gasteiger partial charge is 0.301 e. The van der Waals surface area contributed by atoms with Crippen molar-refractivity contribution in [1.29, 1.82) is 0 Å². The minimum atomic E-state index is -0.227. The summed E-state index contributed by atoms with van der Waals surface area (Å²) in [6.45, 7) is 0. The van der Waals surface area contributed by atoms with Crippen LogP contribution in [0.15, 0.2) is 29.8 Å². The van der Waals surface area contributed by atoms with E-state index in [0.29, 0.717) is 5.13 Å². The molecule has 0 aliphatic carbocycles. The molecule has 0 bridgehead atoms. The molecule has 84 valence electrons. The van der Waals surface area contributed by atoms with E-state index in [0.717, 1.165) is 11.4 Å². The Kier molecular flexibility index (Phi) is 3.48. The molecule has 1 N–H and O–H groups in total. The number of hydrogen-bond donors (Lipinski definition) is 1. The molecule has 4 nitrogen and oxygen atoms in total. The van der Waals surface area contributed by atoms with Gasteiger partial charge in [0.1, 0.15) is 5.69 Å². The Morgan fingerprint density at radius 3 is 3.06 bits per heavy atom. The van der Waals surface area contributed by atoms with E-state index in [2.05, 4.69) is 21.2 Å². The van der Waals surface area contributed by atoms with Gasteiger partial charge in [-0.25, -0.2) is 4.98 Å². The van der Waals surface area contributed by atoms with E-state index in [4.69, 9.17) is 6.42 Å². The number of aromatic nitrogens is 2. The lowest BCUT2D eigenvalue weighted by Crippen LogP contribution is -2.09. The maximum atomic E-state index is 11.3. The Labute approximate surface area is 103 Å². The zero-order valence-corrected chi connectivity index (χ0v) is 9.70. The predicted molar refractivity (Wildman–Crippen MR) is 67.4 cm³/mol. The van der Waals surface area contributed by atoms with Crippen LogP contribution in [0.1, 0.15) is 6.42 Å². The second kappa shape index (κ2) is 5.23. The van der Waals surface area contributed by atoms with Crippen molar-refractivity contribution in [3.8, 4) is 23.7 Å². The topological polar surface area (TPSA) is 54.9 Å². The second-order valence-electron chi connectivity index (χ2n) is 3.18. The van der Waals surface area contributed by atoms with Crippen molar-refractivity contribution in [2.45, 2.75) is 6.42 Å². The number of carbonyl (C=O) groups is 1. The van der Waals surface area contributed by atoms with Gasteiger partial charge in [0.05, 0.1) is 12.1 Å². The number of rotatable bonds is 3. The Balaban J connectivity index is 2.12. The van der Waals surface area contributed by atoms with E-state index in [1.54, 1.807) is 6.20 Å². The first-order valence-electron chi connectivity index (χ1n) is 4.90. The van der Waals surface area contributed by atoms with Crippen molar-refractivity contribution >= 4 is 22.4 Å². The summed E-state index contributed by atoms with van der Waals surface area (Å²) in [7, 11) is 0. The normalized spacial score (nSPS) is 9.59. The molecule has 0 spiro atoms. The molecule has 2 rings (SSSR count). The average molecular weight is 243 g/mol. The van der Waals surface area contributed by atoms with Gasteiger partial charge in [0.25, 0.3) is 0 Å². The molecule has 0 aromatic carbocycles. The van der Waals surface area contributed by atoms with Crippen molar-refractivity contribution in [3.63, 3.8) is 0 Å². The van der Waals surface area contributed by atoms with Crippen LogP contribution in [0.5, 0.6) is 0 Å². The molecule has 17 heavy (non-hydrogen) atoms. The van der Waals surface area contributed by atoms with Crippen LogP contribution in [-0.2, 0) is 4.79 Å². The van der Waals surface area contributed by atoms with Gasteiger partial charge in [0.15, 0.2) is 5.13 Å². The maximum absolute atomic E-state index is 11.3. The van der Waals surface area contributed by atoms with Gasteiger partial charge in [-0.3, -0.25) is 9.78 Å². The number of amides is 1. The van der Waals surface area contributed by atoms with Crippen LogP contribution in [0.3, 0.4) is 0 Å². The van der Waals surface area contributed by atoms with Crippen LogP contribution in [0.4, 0.5) is 5.13 Å². The summed E-state index contributed by atoms with van der Waals surface area (Å²) in [4.78, 5) is 19.7. The molecule has 1 amide bonds. The van der Waals surface area contributed by atoms with Gasteiger partial charge in [-0.15, -0.1) is 17.8 Å². The molecule has 0 aliphatic heterocycles. The summed E-state index contributed by atoms with van der Waals surface area (Å²) in [5, 5.41) is 5.01. The van der Waals surface area contributed by atoms with Crippen LogP contribution in [0.25, 0.3) is 11.4 Å². The summed E-state index contributed by atoms with van der Waals surface area (Å²) in [5.41, 5.74) is 1.52. The molecule has 0 radical (unpaired) electrons.